The molecule has 1 aliphatic rings. The van der Waals surface area contributed by atoms with Gasteiger partial charge in [0.25, 0.3) is 0 Å². The van der Waals surface area contributed by atoms with E-state index in [1.165, 1.54) is 0 Å². The van der Waals surface area contributed by atoms with Crippen LogP contribution >= 0.6 is 11.6 Å². The van der Waals surface area contributed by atoms with Crippen LogP contribution in [0.2, 0.25) is 5.02 Å². The summed E-state index contributed by atoms with van der Waals surface area (Å²) in [6.45, 7) is 4.92. The first-order valence-corrected chi connectivity index (χ1v) is 5.91. The molecule has 4 heteroatoms. The number of halogens is 2. The predicted octanol–water partition coefficient (Wildman–Crippen LogP) is 3.30. The first kappa shape index (κ1) is 11.7. The summed E-state index contributed by atoms with van der Waals surface area (Å²) in [4.78, 5) is 0. The van der Waals surface area contributed by atoms with E-state index >= 15 is 0 Å². The van der Waals surface area contributed by atoms with E-state index in [2.05, 4.69) is 12.2 Å². The number of nitrogens with one attached hydrogen (secondary N) is 1. The van der Waals surface area contributed by atoms with Crippen LogP contribution in [0.3, 0.4) is 0 Å². The summed E-state index contributed by atoms with van der Waals surface area (Å²) in [6.07, 6.45) is 0.976. The largest absolute Gasteiger partial charge is 0.485 e. The Morgan fingerprint density at radius 1 is 1.50 bits per heavy atom. The van der Waals surface area contributed by atoms with Crippen LogP contribution in [0.25, 0.3) is 0 Å². The minimum absolute atomic E-state index is 0.0571. The third-order valence-corrected chi connectivity index (χ3v) is 3.09. The van der Waals surface area contributed by atoms with Crippen LogP contribution in [0, 0.1) is 5.82 Å². The van der Waals surface area contributed by atoms with Gasteiger partial charge in [0, 0.05) is 5.56 Å². The Morgan fingerprint density at radius 3 is 2.94 bits per heavy atom. The summed E-state index contributed by atoms with van der Waals surface area (Å²) in [5.74, 6) is -0.152. The van der Waals surface area contributed by atoms with Crippen molar-refractivity contribution in [1.82, 2.24) is 5.32 Å². The van der Waals surface area contributed by atoms with Crippen molar-refractivity contribution in [3.63, 3.8) is 0 Å². The zero-order valence-corrected chi connectivity index (χ0v) is 10.1. The van der Waals surface area contributed by atoms with E-state index in [0.717, 1.165) is 18.5 Å². The molecule has 1 aromatic rings. The van der Waals surface area contributed by atoms with Gasteiger partial charge < -0.3 is 10.1 Å². The van der Waals surface area contributed by atoms with Gasteiger partial charge in [-0.2, -0.15) is 0 Å². The fourth-order valence-corrected chi connectivity index (χ4v) is 2.14. The maximum absolute atomic E-state index is 13.7. The monoisotopic (exact) mass is 243 g/mol. The summed E-state index contributed by atoms with van der Waals surface area (Å²) in [5.41, 5.74) is 0.864. The number of benzene rings is 1. The second-order valence-corrected chi connectivity index (χ2v) is 4.44. The number of hydrogen-bond donors (Lipinski definition) is 1. The molecule has 16 heavy (non-hydrogen) atoms. The highest BCUT2D eigenvalue weighted by Crippen LogP contribution is 2.40. The van der Waals surface area contributed by atoms with E-state index in [9.17, 15) is 4.39 Å². The van der Waals surface area contributed by atoms with Crippen LogP contribution in [0.15, 0.2) is 12.1 Å². The van der Waals surface area contributed by atoms with Gasteiger partial charge in [-0.1, -0.05) is 24.6 Å². The van der Waals surface area contributed by atoms with Crippen LogP contribution in [-0.2, 0) is 0 Å². The molecule has 0 aliphatic carbocycles. The lowest BCUT2D eigenvalue weighted by molar-refractivity contribution is 0.203. The molecule has 1 aliphatic heterocycles. The highest BCUT2D eigenvalue weighted by Gasteiger charge is 2.33. The number of hydrogen-bond acceptors (Lipinski definition) is 2. The predicted molar refractivity (Wildman–Crippen MR) is 62.5 cm³/mol. The zero-order chi connectivity index (χ0) is 11.7. The molecule has 0 radical (unpaired) electrons. The maximum Gasteiger partial charge on any atom is 0.183 e. The van der Waals surface area contributed by atoms with Gasteiger partial charge in [-0.3, -0.25) is 0 Å². The smallest absolute Gasteiger partial charge is 0.183 e. The molecule has 1 heterocycles. The van der Waals surface area contributed by atoms with Gasteiger partial charge in [-0.25, -0.2) is 4.39 Å². The summed E-state index contributed by atoms with van der Waals surface area (Å²) in [5, 5.41) is 3.46. The second-order valence-electron chi connectivity index (χ2n) is 4.03. The second kappa shape index (κ2) is 4.60. The normalized spacial score (nSPS) is 23.0. The molecule has 0 spiro atoms. The molecule has 0 saturated carbocycles. The molecule has 0 amide bonds. The molecule has 0 saturated heterocycles. The van der Waals surface area contributed by atoms with Gasteiger partial charge >= 0.3 is 0 Å². The van der Waals surface area contributed by atoms with Crippen molar-refractivity contribution in [2.75, 3.05) is 6.54 Å². The first-order valence-electron chi connectivity index (χ1n) is 5.53. The summed E-state index contributed by atoms with van der Waals surface area (Å²) < 4.78 is 19.2. The van der Waals surface area contributed by atoms with Crippen molar-refractivity contribution in [3.8, 4) is 5.75 Å². The summed E-state index contributed by atoms with van der Waals surface area (Å²) in [7, 11) is 0. The third kappa shape index (κ3) is 1.89. The van der Waals surface area contributed by atoms with E-state index in [4.69, 9.17) is 16.3 Å². The highest BCUT2D eigenvalue weighted by atomic mass is 35.5. The average molecular weight is 244 g/mol. The summed E-state index contributed by atoms with van der Waals surface area (Å²) in [6, 6.07) is 3.47. The molecule has 0 aromatic heterocycles. The Hall–Kier alpha value is -0.800. The van der Waals surface area contributed by atoms with Crippen LogP contribution in [0.1, 0.15) is 31.9 Å². The van der Waals surface area contributed by atoms with Crippen molar-refractivity contribution in [1.29, 1.82) is 0 Å². The molecule has 2 atom stereocenters. The summed E-state index contributed by atoms with van der Waals surface area (Å²) >= 11 is 5.72. The Morgan fingerprint density at radius 2 is 2.25 bits per heavy atom. The van der Waals surface area contributed by atoms with Gasteiger partial charge in [0.15, 0.2) is 11.6 Å². The Balaban J connectivity index is 2.31. The van der Waals surface area contributed by atoms with Crippen molar-refractivity contribution in [2.24, 2.45) is 0 Å². The lowest BCUT2D eigenvalue weighted by Crippen LogP contribution is -2.29. The molecule has 1 aromatic carbocycles. The topological polar surface area (TPSA) is 21.3 Å². The molecule has 2 unspecified atom stereocenters. The quantitative estimate of drug-likeness (QED) is 0.880. The minimum atomic E-state index is -0.452. The Bertz CT molecular complexity index is 397. The lowest BCUT2D eigenvalue weighted by atomic mass is 10.0. The van der Waals surface area contributed by atoms with Crippen LogP contribution in [0.5, 0.6) is 5.75 Å². The minimum Gasteiger partial charge on any atom is -0.485 e. The maximum atomic E-state index is 13.7. The SMILES string of the molecule is CCCNC1c2ccc(Cl)c(F)c2OC1C. The zero-order valence-electron chi connectivity index (χ0n) is 9.39. The Labute approximate surface area is 99.7 Å². The van der Waals surface area contributed by atoms with Crippen LogP contribution in [-0.4, -0.2) is 12.6 Å². The number of rotatable bonds is 3. The van der Waals surface area contributed by atoms with Crippen LogP contribution < -0.4 is 10.1 Å². The van der Waals surface area contributed by atoms with E-state index in [0.29, 0.717) is 5.75 Å². The van der Waals surface area contributed by atoms with Gasteiger partial charge in [-0.15, -0.1) is 0 Å². The van der Waals surface area contributed by atoms with Crippen molar-refractivity contribution in [3.05, 3.63) is 28.5 Å². The van der Waals surface area contributed by atoms with E-state index in [-0.39, 0.29) is 17.2 Å². The molecular formula is C12H15ClFNO. The molecule has 0 fully saturated rings. The van der Waals surface area contributed by atoms with Gasteiger partial charge in [0.05, 0.1) is 11.1 Å². The van der Waals surface area contributed by atoms with E-state index in [1.807, 2.05) is 13.0 Å². The van der Waals surface area contributed by atoms with Crippen molar-refractivity contribution >= 4 is 11.6 Å². The Kier molecular flexibility index (Phi) is 3.36. The third-order valence-electron chi connectivity index (χ3n) is 2.80. The number of ether oxygens (including phenoxy) is 1. The molecule has 2 nitrogen and oxygen atoms in total. The van der Waals surface area contributed by atoms with Gasteiger partial charge in [-0.05, 0) is 26.0 Å². The van der Waals surface area contributed by atoms with Gasteiger partial charge in [0.1, 0.15) is 6.10 Å². The van der Waals surface area contributed by atoms with Crippen LogP contribution in [0.4, 0.5) is 4.39 Å². The fraction of sp³-hybridized carbons (Fsp3) is 0.500. The van der Waals surface area contributed by atoms with Crippen molar-refractivity contribution in [2.45, 2.75) is 32.4 Å². The van der Waals surface area contributed by atoms with E-state index in [1.54, 1.807) is 6.07 Å². The molecular weight excluding hydrogens is 229 g/mol. The first-order chi connectivity index (χ1) is 7.65. The van der Waals surface area contributed by atoms with E-state index < -0.39 is 5.82 Å². The molecule has 88 valence electrons. The molecule has 0 bridgehead atoms. The standard InChI is InChI=1S/C12H15ClFNO/c1-3-6-15-11-7(2)16-12-8(11)4-5-9(13)10(12)14/h4-5,7,11,15H,3,6H2,1-2H3. The van der Waals surface area contributed by atoms with Crippen molar-refractivity contribution < 1.29 is 9.13 Å². The lowest BCUT2D eigenvalue weighted by Gasteiger charge is -2.15. The van der Waals surface area contributed by atoms with Gasteiger partial charge in [0.2, 0.25) is 0 Å². The molecule has 1 N–H and O–H groups in total. The number of fused-ring (bicyclic) bond motifs is 1. The average Bonchev–Trinajstić information content (AvgIpc) is 2.58. The molecule has 2 rings (SSSR count). The highest BCUT2D eigenvalue weighted by molar-refractivity contribution is 6.30. The fourth-order valence-electron chi connectivity index (χ4n) is 1.99.